The van der Waals surface area contributed by atoms with Crippen LogP contribution in [0.4, 0.5) is 0 Å². The van der Waals surface area contributed by atoms with Crippen molar-refractivity contribution in [2.75, 3.05) is 25.4 Å². The van der Waals surface area contributed by atoms with Crippen LogP contribution in [-0.2, 0) is 9.59 Å². The van der Waals surface area contributed by atoms with Gasteiger partial charge in [-0.1, -0.05) is 54.6 Å². The Bertz CT molecular complexity index is 1110. The molecule has 5 N–H and O–H groups in total. The largest absolute Gasteiger partial charge is 0.355 e. The average molecular weight is 478 g/mol. The highest BCUT2D eigenvalue weighted by atomic mass is 32.2. The number of thioether (sulfide) groups is 1. The van der Waals surface area contributed by atoms with Crippen LogP contribution in [0.5, 0.6) is 0 Å². The third kappa shape index (κ3) is 6.56. The van der Waals surface area contributed by atoms with Gasteiger partial charge in [0.1, 0.15) is 0 Å². The monoisotopic (exact) mass is 477 g/mol. The molecule has 178 valence electrons. The molecule has 4 rings (SSSR count). The fraction of sp³-hybridized carbons (Fsp3) is 0.346. The van der Waals surface area contributed by atoms with Gasteiger partial charge in [0.05, 0.1) is 23.1 Å². The third-order valence-corrected chi connectivity index (χ3v) is 7.16. The van der Waals surface area contributed by atoms with E-state index in [0.29, 0.717) is 19.5 Å². The lowest BCUT2D eigenvalue weighted by molar-refractivity contribution is -0.123. The zero-order chi connectivity index (χ0) is 23.8. The summed E-state index contributed by atoms with van der Waals surface area (Å²) in [5.41, 5.74) is 7.61. The van der Waals surface area contributed by atoms with Crippen molar-refractivity contribution >= 4 is 34.5 Å². The van der Waals surface area contributed by atoms with E-state index < -0.39 is 0 Å². The number of carbonyl (C=O) groups is 2. The number of aromatic nitrogens is 1. The predicted octanol–water partition coefficient (Wildman–Crippen LogP) is 2.42. The maximum atomic E-state index is 12.6. The second-order valence-corrected chi connectivity index (χ2v) is 9.55. The molecule has 2 amide bonds. The van der Waals surface area contributed by atoms with Gasteiger partial charge in [0.25, 0.3) is 0 Å². The molecule has 3 aromatic rings. The van der Waals surface area contributed by atoms with Gasteiger partial charge in [0.2, 0.25) is 11.8 Å². The molecule has 1 aromatic heterocycles. The van der Waals surface area contributed by atoms with Gasteiger partial charge in [-0.15, -0.1) is 11.8 Å². The van der Waals surface area contributed by atoms with Gasteiger partial charge < -0.3 is 21.7 Å². The van der Waals surface area contributed by atoms with Gasteiger partial charge in [-0.25, -0.2) is 4.98 Å². The molecule has 1 fully saturated rings. The van der Waals surface area contributed by atoms with E-state index in [4.69, 9.17) is 10.7 Å². The number of fused-ring (bicyclic) bond motifs is 1. The second-order valence-electron chi connectivity index (χ2n) is 8.51. The van der Waals surface area contributed by atoms with Crippen LogP contribution in [0, 0.1) is 0 Å². The van der Waals surface area contributed by atoms with Crippen molar-refractivity contribution in [1.82, 2.24) is 20.9 Å². The Hall–Kier alpha value is -2.94. The number of hydrogen-bond donors (Lipinski definition) is 4. The summed E-state index contributed by atoms with van der Waals surface area (Å²) in [4.78, 5) is 28.9. The fourth-order valence-corrected chi connectivity index (χ4v) is 5.27. The normalized spacial score (nSPS) is 18.5. The Balaban J connectivity index is 1.31. The number of benzene rings is 2. The molecule has 34 heavy (non-hydrogen) atoms. The highest BCUT2D eigenvalue weighted by Crippen LogP contribution is 2.28. The van der Waals surface area contributed by atoms with Crippen LogP contribution < -0.4 is 21.7 Å². The van der Waals surface area contributed by atoms with E-state index in [1.54, 1.807) is 11.8 Å². The van der Waals surface area contributed by atoms with Crippen molar-refractivity contribution in [3.63, 3.8) is 0 Å². The fourth-order valence-electron chi connectivity index (χ4n) is 4.21. The number of nitrogens with one attached hydrogen (secondary N) is 3. The van der Waals surface area contributed by atoms with Crippen molar-refractivity contribution in [1.29, 1.82) is 0 Å². The van der Waals surface area contributed by atoms with Crippen LogP contribution in [0.1, 0.15) is 24.3 Å². The Labute approximate surface area is 204 Å². The molecule has 8 heteroatoms. The lowest BCUT2D eigenvalue weighted by Gasteiger charge is -2.18. The highest BCUT2D eigenvalue weighted by Gasteiger charge is 2.30. The minimum atomic E-state index is -0.297. The van der Waals surface area contributed by atoms with E-state index in [0.717, 1.165) is 28.1 Å². The van der Waals surface area contributed by atoms with E-state index in [9.17, 15) is 9.59 Å². The topological polar surface area (TPSA) is 109 Å². The smallest absolute Gasteiger partial charge is 0.237 e. The molecule has 1 saturated heterocycles. The number of carbonyl (C=O) groups excluding carboxylic acids is 2. The standard InChI is InChI=1S/C26H31N5O2S/c27-15-24(32)30-21-14-23(29-16-21)26(33)28-13-12-20(18-6-2-1-3-7-18)17-34-25-11-10-19-8-4-5-9-22(19)31-25/h1-11,20-21,23,29H,12-17,27H2,(H,28,33)(H,30,32)/t20?,21-,23+/m1/s1. The third-order valence-electron chi connectivity index (χ3n) is 6.07. The highest BCUT2D eigenvalue weighted by molar-refractivity contribution is 7.99. The molecule has 0 aliphatic carbocycles. The first-order valence-corrected chi connectivity index (χ1v) is 12.6. The Morgan fingerprint density at radius 1 is 1.09 bits per heavy atom. The average Bonchev–Trinajstić information content (AvgIpc) is 3.34. The molecule has 3 atom stereocenters. The summed E-state index contributed by atoms with van der Waals surface area (Å²) in [5.74, 6) is 0.935. The van der Waals surface area contributed by atoms with Gasteiger partial charge in [-0.2, -0.15) is 0 Å². The minimum Gasteiger partial charge on any atom is -0.355 e. The predicted molar refractivity (Wildman–Crippen MR) is 137 cm³/mol. The van der Waals surface area contributed by atoms with Crippen molar-refractivity contribution in [2.24, 2.45) is 5.73 Å². The summed E-state index contributed by atoms with van der Waals surface area (Å²) in [6.45, 7) is 1.12. The Morgan fingerprint density at radius 3 is 2.71 bits per heavy atom. The van der Waals surface area contributed by atoms with Crippen molar-refractivity contribution in [3.05, 3.63) is 72.3 Å². The molecule has 0 spiro atoms. The summed E-state index contributed by atoms with van der Waals surface area (Å²) in [6.07, 6.45) is 1.40. The molecule has 7 nitrogen and oxygen atoms in total. The Kier molecular flexibility index (Phi) is 8.51. The minimum absolute atomic E-state index is 0.0276. The first kappa shape index (κ1) is 24.2. The molecule has 0 bridgehead atoms. The second kappa shape index (κ2) is 12.0. The maximum Gasteiger partial charge on any atom is 0.237 e. The first-order valence-electron chi connectivity index (χ1n) is 11.7. The molecule has 0 saturated carbocycles. The van der Waals surface area contributed by atoms with E-state index in [1.165, 1.54) is 5.56 Å². The Morgan fingerprint density at radius 2 is 1.88 bits per heavy atom. The molecule has 1 aliphatic rings. The van der Waals surface area contributed by atoms with Crippen LogP contribution >= 0.6 is 11.8 Å². The van der Waals surface area contributed by atoms with Crippen LogP contribution in [0.3, 0.4) is 0 Å². The van der Waals surface area contributed by atoms with Gasteiger partial charge in [-0.05, 0) is 36.5 Å². The van der Waals surface area contributed by atoms with Crippen LogP contribution in [0.25, 0.3) is 10.9 Å². The molecule has 1 unspecified atom stereocenters. The summed E-state index contributed by atoms with van der Waals surface area (Å²) < 4.78 is 0. The molecular weight excluding hydrogens is 446 g/mol. The van der Waals surface area contributed by atoms with Gasteiger partial charge >= 0.3 is 0 Å². The lowest BCUT2D eigenvalue weighted by atomic mass is 9.97. The van der Waals surface area contributed by atoms with Crippen molar-refractivity contribution < 1.29 is 9.59 Å². The number of hydrogen-bond acceptors (Lipinski definition) is 6. The SMILES string of the molecule is NCC(=O)N[C@H]1CN[C@H](C(=O)NCCC(CSc2ccc3ccccc3n2)c2ccccc2)C1. The van der Waals surface area contributed by atoms with Gasteiger partial charge in [0.15, 0.2) is 0 Å². The summed E-state index contributed by atoms with van der Waals surface area (Å²) >= 11 is 1.74. The number of pyridine rings is 1. The van der Waals surface area contributed by atoms with E-state index in [-0.39, 0.29) is 36.4 Å². The van der Waals surface area contributed by atoms with Crippen molar-refractivity contribution in [2.45, 2.75) is 35.9 Å². The van der Waals surface area contributed by atoms with Gasteiger partial charge in [-0.3, -0.25) is 9.59 Å². The summed E-state index contributed by atoms with van der Waals surface area (Å²) in [5, 5.41) is 11.2. The molecule has 2 heterocycles. The summed E-state index contributed by atoms with van der Waals surface area (Å²) in [7, 11) is 0. The van der Waals surface area contributed by atoms with E-state index in [2.05, 4.69) is 58.4 Å². The molecule has 1 aliphatic heterocycles. The molecular formula is C26H31N5O2S. The number of nitrogens with two attached hydrogens (primary N) is 1. The van der Waals surface area contributed by atoms with Crippen molar-refractivity contribution in [3.8, 4) is 0 Å². The molecule has 2 aromatic carbocycles. The first-order chi connectivity index (χ1) is 16.6. The zero-order valence-electron chi connectivity index (χ0n) is 19.1. The van der Waals surface area contributed by atoms with Crippen LogP contribution in [0.2, 0.25) is 0 Å². The summed E-state index contributed by atoms with van der Waals surface area (Å²) in [6, 6.07) is 22.4. The van der Waals surface area contributed by atoms with Gasteiger partial charge in [0, 0.05) is 30.3 Å². The van der Waals surface area contributed by atoms with Crippen LogP contribution in [-0.4, -0.2) is 54.3 Å². The maximum absolute atomic E-state index is 12.6. The number of para-hydroxylation sites is 1. The van der Waals surface area contributed by atoms with Crippen LogP contribution in [0.15, 0.2) is 71.8 Å². The van der Waals surface area contributed by atoms with E-state index >= 15 is 0 Å². The molecule has 0 radical (unpaired) electrons. The number of rotatable bonds is 10. The van der Waals surface area contributed by atoms with E-state index in [1.807, 2.05) is 24.3 Å². The number of amides is 2. The lowest BCUT2D eigenvalue weighted by Crippen LogP contribution is -2.41. The quantitative estimate of drug-likeness (QED) is 0.334. The zero-order valence-corrected chi connectivity index (χ0v) is 19.9. The number of nitrogens with zero attached hydrogens (tertiary/aromatic N) is 1.